The number of hydrogen-bond acceptors (Lipinski definition) is 10. The van der Waals surface area contributed by atoms with Crippen LogP contribution in [0.4, 0.5) is 0 Å². The average molecular weight is 599 g/mol. The molecule has 0 radical (unpaired) electrons. The van der Waals surface area contributed by atoms with Gasteiger partial charge in [-0.2, -0.15) is 0 Å². The molecule has 0 saturated heterocycles. The van der Waals surface area contributed by atoms with E-state index in [2.05, 4.69) is 0 Å². The number of ether oxygens (including phenoxy) is 3. The first-order valence-corrected chi connectivity index (χ1v) is 12.1. The Balaban J connectivity index is -0.00000227. The second kappa shape index (κ2) is 23.7. The van der Waals surface area contributed by atoms with Crippen LogP contribution in [0.5, 0.6) is 0 Å². The molecule has 0 aromatic carbocycles. The van der Waals surface area contributed by atoms with E-state index in [1.54, 1.807) is 24.9 Å². The largest absolute Gasteiger partial charge is 0.481 e. The van der Waals surface area contributed by atoms with Crippen LogP contribution in [0.2, 0.25) is 0 Å². The van der Waals surface area contributed by atoms with Crippen LogP contribution < -0.4 is 0 Å². The Kier molecular flexibility index (Phi) is 25.1. The molecule has 0 amide bonds. The zero-order valence-corrected chi connectivity index (χ0v) is 26.2. The van der Waals surface area contributed by atoms with E-state index in [9.17, 15) is 19.2 Å². The number of allylic oxidation sites excluding steroid dienone is 1. The number of carboxylic acids is 2. The molecule has 12 nitrogen and oxygen atoms in total. The number of aliphatic hydroxyl groups excluding tert-OH is 1. The Morgan fingerprint density at radius 1 is 1.00 bits per heavy atom. The smallest absolute Gasteiger partial charge is 0.312 e. The van der Waals surface area contributed by atoms with Gasteiger partial charge in [-0.1, -0.05) is 32.4 Å². The summed E-state index contributed by atoms with van der Waals surface area (Å²) >= 11 is 0. The Morgan fingerprint density at radius 3 is 2.13 bits per heavy atom. The molecule has 216 valence electrons. The predicted molar refractivity (Wildman–Crippen MR) is 134 cm³/mol. The number of hydrogen-bond donors (Lipinski definition) is 3. The van der Waals surface area contributed by atoms with Gasteiger partial charge in [0.2, 0.25) is 0 Å². The van der Waals surface area contributed by atoms with E-state index in [-0.39, 0.29) is 65.2 Å². The van der Waals surface area contributed by atoms with Crippen molar-refractivity contribution in [1.29, 1.82) is 0 Å². The first kappa shape index (κ1) is 40.1. The van der Waals surface area contributed by atoms with Gasteiger partial charge < -0.3 is 34.4 Å². The molecule has 2 atom stereocenters. The minimum Gasteiger partial charge on any atom is -0.481 e. The van der Waals surface area contributed by atoms with Crippen molar-refractivity contribution in [3.05, 3.63) is 12.2 Å². The van der Waals surface area contributed by atoms with Crippen LogP contribution in [0.1, 0.15) is 59.8 Å². The fraction of sp³-hybridized carbons (Fsp3) is 0.720. The van der Waals surface area contributed by atoms with Crippen molar-refractivity contribution in [2.45, 2.75) is 59.8 Å². The fourth-order valence-corrected chi connectivity index (χ4v) is 3.01. The molecule has 0 fully saturated rings. The van der Waals surface area contributed by atoms with E-state index >= 15 is 0 Å². The molecule has 13 heteroatoms. The summed E-state index contributed by atoms with van der Waals surface area (Å²) in [6.07, 6.45) is 5.17. The summed E-state index contributed by atoms with van der Waals surface area (Å²) in [5.74, 6) is -4.31. The SMILES string of the molecule is CC(=O)O.CCC/C=C/COC(=O)CC(C)(CC(C)C(=O)OCCO)C(=O)OCCN(C)CCC(=O)O.[Zn]. The minimum atomic E-state index is -1.33. The van der Waals surface area contributed by atoms with Crippen LogP contribution in [-0.4, -0.2) is 96.6 Å². The van der Waals surface area contributed by atoms with Crippen molar-refractivity contribution >= 4 is 29.8 Å². The third-order valence-electron chi connectivity index (χ3n) is 4.90. The van der Waals surface area contributed by atoms with Gasteiger partial charge in [0.15, 0.2) is 0 Å². The van der Waals surface area contributed by atoms with Crippen molar-refractivity contribution < 1.29 is 73.0 Å². The molecule has 2 unspecified atom stereocenters. The Morgan fingerprint density at radius 2 is 1.61 bits per heavy atom. The number of esters is 3. The summed E-state index contributed by atoms with van der Waals surface area (Å²) in [6.45, 7) is 6.46. The van der Waals surface area contributed by atoms with Gasteiger partial charge in [-0.15, -0.1) is 0 Å². The van der Waals surface area contributed by atoms with Gasteiger partial charge in [-0.05, 0) is 26.8 Å². The van der Waals surface area contributed by atoms with Gasteiger partial charge in [0.1, 0.15) is 19.8 Å². The molecule has 0 aromatic heterocycles. The van der Waals surface area contributed by atoms with Gasteiger partial charge in [-0.3, -0.25) is 24.0 Å². The second-order valence-corrected chi connectivity index (χ2v) is 8.78. The number of carbonyl (C=O) groups excluding carboxylic acids is 3. The van der Waals surface area contributed by atoms with Crippen LogP contribution in [0.15, 0.2) is 12.2 Å². The van der Waals surface area contributed by atoms with Crippen LogP contribution in [0.25, 0.3) is 0 Å². The molecule has 0 aliphatic carbocycles. The second-order valence-electron chi connectivity index (χ2n) is 8.78. The zero-order valence-electron chi connectivity index (χ0n) is 23.3. The Labute approximate surface area is 237 Å². The average Bonchev–Trinajstić information content (AvgIpc) is 2.80. The van der Waals surface area contributed by atoms with E-state index in [1.807, 2.05) is 13.0 Å². The van der Waals surface area contributed by atoms with Crippen LogP contribution in [-0.2, 0) is 57.7 Å². The van der Waals surface area contributed by atoms with Crippen LogP contribution in [0, 0.1) is 11.3 Å². The van der Waals surface area contributed by atoms with Crippen LogP contribution >= 0.6 is 0 Å². The van der Waals surface area contributed by atoms with Crippen molar-refractivity contribution in [1.82, 2.24) is 4.90 Å². The number of carboxylic acid groups (broad SMARTS) is 2. The number of aliphatic hydroxyl groups is 1. The van der Waals surface area contributed by atoms with Crippen molar-refractivity contribution in [2.75, 3.05) is 46.6 Å². The van der Waals surface area contributed by atoms with E-state index in [0.717, 1.165) is 19.8 Å². The first-order chi connectivity index (χ1) is 17.3. The van der Waals surface area contributed by atoms with E-state index in [0.29, 0.717) is 13.1 Å². The van der Waals surface area contributed by atoms with Crippen molar-refractivity contribution in [3.8, 4) is 0 Å². The molecule has 0 aromatic rings. The van der Waals surface area contributed by atoms with Crippen molar-refractivity contribution in [2.24, 2.45) is 11.3 Å². The molecule has 0 heterocycles. The number of aliphatic carboxylic acids is 2. The first-order valence-electron chi connectivity index (χ1n) is 12.1. The van der Waals surface area contributed by atoms with Gasteiger partial charge in [0, 0.05) is 39.5 Å². The molecule has 0 saturated carbocycles. The summed E-state index contributed by atoms with van der Waals surface area (Å²) in [5, 5.41) is 25.0. The molecule has 0 spiro atoms. The third-order valence-corrected chi connectivity index (χ3v) is 4.90. The van der Waals surface area contributed by atoms with Gasteiger partial charge in [0.05, 0.1) is 30.8 Å². The number of rotatable bonds is 18. The molecule has 0 bridgehead atoms. The Bertz CT molecular complexity index is 741. The molecule has 0 aliphatic heterocycles. The third kappa shape index (κ3) is 22.8. The molecular formula is C25H43NO11Zn. The van der Waals surface area contributed by atoms with Gasteiger partial charge >= 0.3 is 23.9 Å². The van der Waals surface area contributed by atoms with Gasteiger partial charge in [0.25, 0.3) is 5.97 Å². The van der Waals surface area contributed by atoms with Crippen LogP contribution in [0.3, 0.4) is 0 Å². The van der Waals surface area contributed by atoms with Crippen molar-refractivity contribution in [3.63, 3.8) is 0 Å². The summed E-state index contributed by atoms with van der Waals surface area (Å²) in [5.41, 5.74) is -1.33. The molecule has 38 heavy (non-hydrogen) atoms. The number of carbonyl (C=O) groups is 5. The molecule has 0 rings (SSSR count). The maximum absolute atomic E-state index is 12.9. The maximum atomic E-state index is 12.9. The van der Waals surface area contributed by atoms with E-state index < -0.39 is 41.2 Å². The number of nitrogens with zero attached hydrogens (tertiary/aromatic N) is 1. The monoisotopic (exact) mass is 597 g/mol. The fourth-order valence-electron chi connectivity index (χ4n) is 3.01. The van der Waals surface area contributed by atoms with Gasteiger partial charge in [-0.25, -0.2) is 0 Å². The summed E-state index contributed by atoms with van der Waals surface area (Å²) in [6, 6.07) is 0. The predicted octanol–water partition coefficient (Wildman–Crippen LogP) is 1.88. The normalized spacial score (nSPS) is 12.8. The van der Waals surface area contributed by atoms with E-state index in [1.165, 1.54) is 6.92 Å². The maximum Gasteiger partial charge on any atom is 0.312 e. The molecular weight excluding hydrogens is 556 g/mol. The topological polar surface area (TPSA) is 177 Å². The summed E-state index contributed by atoms with van der Waals surface area (Å²) < 4.78 is 15.5. The summed E-state index contributed by atoms with van der Waals surface area (Å²) in [7, 11) is 1.71. The molecule has 0 aliphatic rings. The number of likely N-dealkylation sites (N-methyl/N-ethyl adjacent to an activating group) is 1. The minimum absolute atomic E-state index is 0. The number of unbranched alkanes of at least 4 members (excludes halogenated alkanes) is 1. The molecule has 3 N–H and O–H groups in total. The quantitative estimate of drug-likeness (QED) is 0.0904. The summed E-state index contributed by atoms with van der Waals surface area (Å²) in [4.78, 5) is 58.8. The Hall–Kier alpha value is -2.37. The standard InChI is InChI=1S/C23H39NO9.C2H4O2.Zn/c1-5-6-7-8-13-31-20(28)17-23(3,16-18(2)21(29)32-15-12-25)22(30)33-14-11-24(4)10-9-19(26)27;1-2(3)4;/h7-8,18,25H,5-6,9-17H2,1-4H3,(H,26,27);1H3,(H,3,4);/b8-7+;;. The zero-order chi connectivity index (χ0) is 28.9. The van der Waals surface area contributed by atoms with E-state index in [4.69, 9.17) is 34.3 Å².